The number of benzene rings is 1. The SMILES string of the molecule is Nc1sc([N+](=O)[O-])cc1C(=O)c1ccc(Cl)cc1. The van der Waals surface area contributed by atoms with Gasteiger partial charge in [0.15, 0.2) is 5.78 Å². The minimum atomic E-state index is -0.570. The minimum absolute atomic E-state index is 0.140. The van der Waals surface area contributed by atoms with Gasteiger partial charge in [-0.15, -0.1) is 0 Å². The van der Waals surface area contributed by atoms with Crippen LogP contribution in [-0.2, 0) is 0 Å². The van der Waals surface area contributed by atoms with Crippen molar-refractivity contribution in [1.82, 2.24) is 0 Å². The van der Waals surface area contributed by atoms with Crippen molar-refractivity contribution in [2.24, 2.45) is 0 Å². The number of carbonyl (C=O) groups is 1. The van der Waals surface area contributed by atoms with Crippen LogP contribution < -0.4 is 5.73 Å². The molecular weight excluding hydrogens is 276 g/mol. The van der Waals surface area contributed by atoms with Crippen LogP contribution in [0.1, 0.15) is 15.9 Å². The smallest absolute Gasteiger partial charge is 0.326 e. The molecule has 18 heavy (non-hydrogen) atoms. The third kappa shape index (κ3) is 2.34. The number of nitro groups is 1. The predicted molar refractivity (Wildman–Crippen MR) is 70.3 cm³/mol. The summed E-state index contributed by atoms with van der Waals surface area (Å²) in [6, 6.07) is 7.44. The second-order valence-corrected chi connectivity index (χ2v) is 4.95. The highest BCUT2D eigenvalue weighted by Gasteiger charge is 2.20. The highest BCUT2D eigenvalue weighted by molar-refractivity contribution is 7.19. The number of hydrogen-bond donors (Lipinski definition) is 1. The molecule has 2 aromatic rings. The van der Waals surface area contributed by atoms with Crippen molar-refractivity contribution in [3.8, 4) is 0 Å². The number of carbonyl (C=O) groups excluding carboxylic acids is 1. The van der Waals surface area contributed by atoms with E-state index in [1.54, 1.807) is 24.3 Å². The van der Waals surface area contributed by atoms with Crippen molar-refractivity contribution in [1.29, 1.82) is 0 Å². The van der Waals surface area contributed by atoms with Crippen molar-refractivity contribution in [2.75, 3.05) is 5.73 Å². The van der Waals surface area contributed by atoms with E-state index in [2.05, 4.69) is 0 Å². The molecule has 2 rings (SSSR count). The van der Waals surface area contributed by atoms with Crippen LogP contribution in [0.4, 0.5) is 10.0 Å². The van der Waals surface area contributed by atoms with Crippen molar-refractivity contribution in [2.45, 2.75) is 0 Å². The van der Waals surface area contributed by atoms with Gasteiger partial charge in [0.1, 0.15) is 5.00 Å². The number of thiophene rings is 1. The fourth-order valence-electron chi connectivity index (χ4n) is 1.42. The zero-order valence-electron chi connectivity index (χ0n) is 8.92. The van der Waals surface area contributed by atoms with Crippen LogP contribution in [0.5, 0.6) is 0 Å². The van der Waals surface area contributed by atoms with Crippen molar-refractivity contribution >= 4 is 38.7 Å². The van der Waals surface area contributed by atoms with Gasteiger partial charge in [-0.3, -0.25) is 14.9 Å². The van der Waals surface area contributed by atoms with E-state index in [9.17, 15) is 14.9 Å². The molecule has 5 nitrogen and oxygen atoms in total. The third-order valence-corrected chi connectivity index (χ3v) is 3.45. The van der Waals surface area contributed by atoms with Crippen LogP contribution in [0.2, 0.25) is 5.02 Å². The number of rotatable bonds is 3. The Morgan fingerprint density at radius 1 is 1.33 bits per heavy atom. The molecule has 0 spiro atoms. The highest BCUT2D eigenvalue weighted by atomic mass is 35.5. The van der Waals surface area contributed by atoms with Crippen molar-refractivity contribution in [3.05, 3.63) is 56.6 Å². The summed E-state index contributed by atoms with van der Waals surface area (Å²) in [5.41, 5.74) is 6.15. The summed E-state index contributed by atoms with van der Waals surface area (Å²) in [5.74, 6) is -0.353. The molecule has 0 bridgehead atoms. The number of nitrogens with zero attached hydrogens (tertiary/aromatic N) is 1. The number of anilines is 1. The number of nitrogen functional groups attached to an aromatic ring is 1. The number of halogens is 1. The largest absolute Gasteiger partial charge is 0.390 e. The first-order valence-electron chi connectivity index (χ1n) is 4.83. The van der Waals surface area contributed by atoms with Crippen LogP contribution >= 0.6 is 22.9 Å². The van der Waals surface area contributed by atoms with Gasteiger partial charge in [0, 0.05) is 16.7 Å². The molecule has 1 aromatic carbocycles. The first-order valence-corrected chi connectivity index (χ1v) is 6.02. The molecule has 0 unspecified atom stereocenters. The summed E-state index contributed by atoms with van der Waals surface area (Å²) in [4.78, 5) is 22.1. The van der Waals surface area contributed by atoms with E-state index in [-0.39, 0.29) is 21.3 Å². The molecule has 0 saturated heterocycles. The van der Waals surface area contributed by atoms with Crippen LogP contribution in [0.25, 0.3) is 0 Å². The Morgan fingerprint density at radius 2 is 1.94 bits per heavy atom. The van der Waals surface area contributed by atoms with Crippen LogP contribution in [-0.4, -0.2) is 10.7 Å². The van der Waals surface area contributed by atoms with Gasteiger partial charge in [-0.25, -0.2) is 0 Å². The maximum atomic E-state index is 12.1. The Bertz CT molecular complexity index is 622. The summed E-state index contributed by atoms with van der Waals surface area (Å²) in [7, 11) is 0. The van der Waals surface area contributed by atoms with E-state index < -0.39 is 4.92 Å². The Balaban J connectivity index is 2.39. The quantitative estimate of drug-likeness (QED) is 0.532. The molecule has 0 saturated carbocycles. The van der Waals surface area contributed by atoms with E-state index in [0.29, 0.717) is 10.6 Å². The summed E-state index contributed by atoms with van der Waals surface area (Å²) in [5, 5.41) is 11.1. The standard InChI is InChI=1S/C11H7ClN2O3S/c12-7-3-1-6(2-4-7)10(15)8-5-9(14(16)17)18-11(8)13/h1-5H,13H2. The number of hydrogen-bond acceptors (Lipinski definition) is 5. The molecule has 0 fully saturated rings. The van der Waals surface area contributed by atoms with Gasteiger partial charge in [0.25, 0.3) is 0 Å². The van der Waals surface area contributed by atoms with Crippen LogP contribution in [0, 0.1) is 10.1 Å². The third-order valence-electron chi connectivity index (χ3n) is 2.28. The molecule has 1 heterocycles. The predicted octanol–water partition coefficient (Wildman–Crippen LogP) is 3.12. The Kier molecular flexibility index (Phi) is 3.31. The number of ketones is 1. The topological polar surface area (TPSA) is 86.2 Å². The lowest BCUT2D eigenvalue weighted by Gasteiger charge is -1.99. The molecular formula is C11H7ClN2O3S. The van der Waals surface area contributed by atoms with Crippen LogP contribution in [0.3, 0.4) is 0 Å². The molecule has 0 amide bonds. The zero-order valence-corrected chi connectivity index (χ0v) is 10.5. The first-order chi connectivity index (χ1) is 8.49. The van der Waals surface area contributed by atoms with Gasteiger partial charge in [-0.1, -0.05) is 11.6 Å². The molecule has 0 atom stereocenters. The minimum Gasteiger partial charge on any atom is -0.390 e. The summed E-state index contributed by atoms with van der Waals surface area (Å²) in [6.07, 6.45) is 0. The molecule has 1 aromatic heterocycles. The Morgan fingerprint density at radius 3 is 2.44 bits per heavy atom. The lowest BCUT2D eigenvalue weighted by molar-refractivity contribution is -0.380. The Labute approximate surface area is 111 Å². The molecule has 92 valence electrons. The number of nitrogens with two attached hydrogens (primary N) is 1. The summed E-state index contributed by atoms with van der Waals surface area (Å²) < 4.78 is 0. The van der Waals surface area contributed by atoms with E-state index in [4.69, 9.17) is 17.3 Å². The molecule has 2 N–H and O–H groups in total. The summed E-state index contributed by atoms with van der Waals surface area (Å²) in [6.45, 7) is 0. The normalized spacial score (nSPS) is 10.3. The van der Waals surface area contributed by atoms with E-state index in [1.165, 1.54) is 6.07 Å². The highest BCUT2D eigenvalue weighted by Crippen LogP contribution is 2.32. The second kappa shape index (κ2) is 4.75. The van der Waals surface area contributed by atoms with Gasteiger partial charge in [0.2, 0.25) is 0 Å². The van der Waals surface area contributed by atoms with E-state index in [0.717, 1.165) is 11.3 Å². The molecule has 7 heteroatoms. The van der Waals surface area contributed by atoms with E-state index >= 15 is 0 Å². The molecule has 0 radical (unpaired) electrons. The van der Waals surface area contributed by atoms with Crippen LogP contribution in [0.15, 0.2) is 30.3 Å². The van der Waals surface area contributed by atoms with Gasteiger partial charge < -0.3 is 5.73 Å². The van der Waals surface area contributed by atoms with Gasteiger partial charge in [-0.05, 0) is 35.6 Å². The summed E-state index contributed by atoms with van der Waals surface area (Å²) >= 11 is 6.50. The van der Waals surface area contributed by atoms with E-state index in [1.807, 2.05) is 0 Å². The first kappa shape index (κ1) is 12.5. The maximum absolute atomic E-state index is 12.1. The van der Waals surface area contributed by atoms with Gasteiger partial charge in [-0.2, -0.15) is 0 Å². The lowest BCUT2D eigenvalue weighted by atomic mass is 10.1. The average molecular weight is 283 g/mol. The molecule has 0 aliphatic carbocycles. The fourth-order valence-corrected chi connectivity index (χ4v) is 2.28. The monoisotopic (exact) mass is 282 g/mol. The van der Waals surface area contributed by atoms with Crippen molar-refractivity contribution < 1.29 is 9.72 Å². The Hall–Kier alpha value is -1.92. The fraction of sp³-hybridized carbons (Fsp3) is 0. The van der Waals surface area contributed by atoms with Gasteiger partial charge in [0.05, 0.1) is 10.5 Å². The second-order valence-electron chi connectivity index (χ2n) is 3.46. The maximum Gasteiger partial charge on any atom is 0.326 e. The van der Waals surface area contributed by atoms with Gasteiger partial charge >= 0.3 is 5.00 Å². The molecule has 0 aliphatic heterocycles. The zero-order chi connectivity index (χ0) is 13.3. The molecule has 0 aliphatic rings. The lowest BCUT2D eigenvalue weighted by Crippen LogP contribution is -2.02. The average Bonchev–Trinajstić information content (AvgIpc) is 2.71. The van der Waals surface area contributed by atoms with Crippen molar-refractivity contribution in [3.63, 3.8) is 0 Å².